The van der Waals surface area contributed by atoms with Crippen molar-refractivity contribution in [2.45, 2.75) is 44.4 Å². The van der Waals surface area contributed by atoms with Crippen LogP contribution in [-0.4, -0.2) is 39.0 Å². The van der Waals surface area contributed by atoms with E-state index in [1.165, 1.54) is 0 Å². The summed E-state index contributed by atoms with van der Waals surface area (Å²) in [7, 11) is -3.19. The van der Waals surface area contributed by atoms with Gasteiger partial charge >= 0.3 is 0 Å². The van der Waals surface area contributed by atoms with Crippen LogP contribution in [0.5, 0.6) is 0 Å². The number of nitrogens with two attached hydrogens (primary N) is 1. The molecule has 5 nitrogen and oxygen atoms in total. The second-order valence-corrected chi connectivity index (χ2v) is 6.55. The minimum atomic E-state index is -3.19. The summed E-state index contributed by atoms with van der Waals surface area (Å²) < 4.78 is 31.6. The minimum Gasteiger partial charge on any atom is -0.376 e. The number of ether oxygens (including phenoxy) is 1. The molecule has 4 unspecified atom stereocenters. The molecule has 2 fully saturated rings. The molecule has 0 amide bonds. The maximum atomic E-state index is 11.7. The van der Waals surface area contributed by atoms with Crippen LogP contribution >= 0.6 is 0 Å². The van der Waals surface area contributed by atoms with Gasteiger partial charge in [-0.3, -0.25) is 0 Å². The quantitative estimate of drug-likeness (QED) is 0.707. The zero-order valence-corrected chi connectivity index (χ0v) is 10.4. The first-order chi connectivity index (χ1) is 7.55. The summed E-state index contributed by atoms with van der Waals surface area (Å²) >= 11 is 0. The maximum absolute atomic E-state index is 11.7. The van der Waals surface area contributed by atoms with Crippen molar-refractivity contribution < 1.29 is 13.2 Å². The van der Waals surface area contributed by atoms with Crippen molar-refractivity contribution in [3.63, 3.8) is 0 Å². The molecule has 1 saturated heterocycles. The number of unbranched alkanes of at least 4 members (excludes halogenated alkanes) is 1. The molecule has 1 heterocycles. The Labute approximate surface area is 96.8 Å². The van der Waals surface area contributed by atoms with Crippen LogP contribution in [0, 0.1) is 5.92 Å². The fraction of sp³-hybridized carbons (Fsp3) is 1.00. The van der Waals surface area contributed by atoms with Gasteiger partial charge in [-0.2, -0.15) is 0 Å². The van der Waals surface area contributed by atoms with Crippen LogP contribution in [0.4, 0.5) is 0 Å². The number of sulfonamides is 1. The van der Waals surface area contributed by atoms with Crippen LogP contribution in [0.15, 0.2) is 0 Å². The van der Waals surface area contributed by atoms with Crippen LogP contribution in [0.25, 0.3) is 0 Å². The number of rotatable bonds is 5. The Bertz CT molecular complexity index is 344. The van der Waals surface area contributed by atoms with E-state index in [9.17, 15) is 8.42 Å². The third kappa shape index (κ3) is 2.25. The fourth-order valence-corrected chi connectivity index (χ4v) is 3.99. The highest BCUT2D eigenvalue weighted by Gasteiger charge is 2.53. The Hall–Kier alpha value is -0.170. The van der Waals surface area contributed by atoms with Gasteiger partial charge in [0.1, 0.15) is 0 Å². The molecule has 2 aliphatic rings. The highest BCUT2D eigenvalue weighted by Crippen LogP contribution is 2.37. The largest absolute Gasteiger partial charge is 0.376 e. The van der Waals surface area contributed by atoms with Gasteiger partial charge in [-0.1, -0.05) is 13.3 Å². The Morgan fingerprint density at radius 3 is 2.94 bits per heavy atom. The van der Waals surface area contributed by atoms with E-state index in [2.05, 4.69) is 4.72 Å². The van der Waals surface area contributed by atoms with Crippen LogP contribution in [0.3, 0.4) is 0 Å². The molecule has 0 aromatic rings. The summed E-state index contributed by atoms with van der Waals surface area (Å²) in [4.78, 5) is 0. The fourth-order valence-electron chi connectivity index (χ4n) is 2.50. The number of nitrogens with one attached hydrogen (secondary N) is 1. The average molecular weight is 248 g/mol. The van der Waals surface area contributed by atoms with Crippen molar-refractivity contribution in [2.75, 3.05) is 12.4 Å². The molecule has 1 aliphatic heterocycles. The zero-order valence-electron chi connectivity index (χ0n) is 9.56. The van der Waals surface area contributed by atoms with E-state index in [-0.39, 0.29) is 23.9 Å². The first-order valence-electron chi connectivity index (χ1n) is 5.92. The van der Waals surface area contributed by atoms with E-state index in [0.29, 0.717) is 18.9 Å². The Kier molecular flexibility index (Phi) is 3.53. The highest BCUT2D eigenvalue weighted by atomic mass is 32.2. The second kappa shape index (κ2) is 4.60. The van der Waals surface area contributed by atoms with Gasteiger partial charge in [0.05, 0.1) is 17.9 Å². The van der Waals surface area contributed by atoms with Gasteiger partial charge in [0.15, 0.2) is 0 Å². The molecule has 94 valence electrons. The first-order valence-corrected chi connectivity index (χ1v) is 7.57. The predicted octanol–water partition coefficient (Wildman–Crippen LogP) is -0.179. The van der Waals surface area contributed by atoms with Gasteiger partial charge in [0.25, 0.3) is 0 Å². The minimum absolute atomic E-state index is 0.00593. The predicted molar refractivity (Wildman–Crippen MR) is 61.4 cm³/mol. The smallest absolute Gasteiger partial charge is 0.211 e. The molecule has 2 rings (SSSR count). The van der Waals surface area contributed by atoms with E-state index in [0.717, 1.165) is 12.8 Å². The summed E-state index contributed by atoms with van der Waals surface area (Å²) in [5.74, 6) is 0.531. The van der Waals surface area contributed by atoms with Crippen molar-refractivity contribution in [1.29, 1.82) is 0 Å². The van der Waals surface area contributed by atoms with Gasteiger partial charge < -0.3 is 10.5 Å². The summed E-state index contributed by atoms with van der Waals surface area (Å²) in [6.45, 7) is 2.68. The van der Waals surface area contributed by atoms with E-state index >= 15 is 0 Å². The molecule has 4 atom stereocenters. The van der Waals surface area contributed by atoms with Crippen molar-refractivity contribution >= 4 is 10.0 Å². The van der Waals surface area contributed by atoms with Crippen LogP contribution in [0.1, 0.15) is 26.2 Å². The lowest BCUT2D eigenvalue weighted by Gasteiger charge is -2.45. The summed E-state index contributed by atoms with van der Waals surface area (Å²) in [6.07, 6.45) is 2.53. The molecule has 1 saturated carbocycles. The van der Waals surface area contributed by atoms with Gasteiger partial charge in [-0.15, -0.1) is 0 Å². The molecule has 0 spiro atoms. The third-order valence-corrected chi connectivity index (χ3v) is 4.99. The van der Waals surface area contributed by atoms with Crippen molar-refractivity contribution in [3.05, 3.63) is 0 Å². The van der Waals surface area contributed by atoms with E-state index in [1.807, 2.05) is 6.92 Å². The molecule has 1 aliphatic carbocycles. The molecular formula is C10H20N2O3S. The molecule has 3 N–H and O–H groups in total. The van der Waals surface area contributed by atoms with Crippen molar-refractivity contribution in [2.24, 2.45) is 11.7 Å². The Morgan fingerprint density at radius 1 is 1.50 bits per heavy atom. The standard InChI is InChI=1S/C10H20N2O3S/c1-2-3-6-16(13,14)12-9-8(11)7-4-5-15-10(7)9/h7-10,12H,2-6,11H2,1H3. The molecular weight excluding hydrogens is 228 g/mol. The van der Waals surface area contributed by atoms with Gasteiger partial charge in [-0.25, -0.2) is 13.1 Å². The topological polar surface area (TPSA) is 81.4 Å². The number of hydrogen-bond donors (Lipinski definition) is 2. The third-order valence-electron chi connectivity index (χ3n) is 3.53. The second-order valence-electron chi connectivity index (χ2n) is 4.68. The van der Waals surface area contributed by atoms with Gasteiger partial charge in [-0.05, 0) is 12.8 Å². The van der Waals surface area contributed by atoms with Crippen LogP contribution in [-0.2, 0) is 14.8 Å². The molecule has 0 aromatic carbocycles. The molecule has 16 heavy (non-hydrogen) atoms. The summed E-state index contributed by atoms with van der Waals surface area (Å²) in [5, 5.41) is 0. The Morgan fingerprint density at radius 2 is 2.25 bits per heavy atom. The van der Waals surface area contributed by atoms with Gasteiger partial charge in [0.2, 0.25) is 10.0 Å². The lowest BCUT2D eigenvalue weighted by Crippen LogP contribution is -2.69. The lowest BCUT2D eigenvalue weighted by molar-refractivity contribution is -0.00923. The van der Waals surface area contributed by atoms with Crippen molar-refractivity contribution in [3.8, 4) is 0 Å². The zero-order chi connectivity index (χ0) is 11.8. The number of hydrogen-bond acceptors (Lipinski definition) is 4. The molecule has 6 heteroatoms. The van der Waals surface area contributed by atoms with E-state index in [4.69, 9.17) is 10.5 Å². The monoisotopic (exact) mass is 248 g/mol. The van der Waals surface area contributed by atoms with Crippen molar-refractivity contribution in [1.82, 2.24) is 4.72 Å². The average Bonchev–Trinajstić information content (AvgIpc) is 2.68. The molecule has 0 radical (unpaired) electrons. The van der Waals surface area contributed by atoms with Gasteiger partial charge in [0, 0.05) is 18.6 Å². The Balaban J connectivity index is 1.90. The molecule has 0 bridgehead atoms. The van der Waals surface area contributed by atoms with E-state index in [1.54, 1.807) is 0 Å². The van der Waals surface area contributed by atoms with Crippen LogP contribution in [0.2, 0.25) is 0 Å². The van der Waals surface area contributed by atoms with E-state index < -0.39 is 10.0 Å². The van der Waals surface area contributed by atoms with Crippen LogP contribution < -0.4 is 10.5 Å². The normalized spacial score (nSPS) is 38.1. The first kappa shape index (κ1) is 12.3. The maximum Gasteiger partial charge on any atom is 0.211 e. The number of fused-ring (bicyclic) bond motifs is 1. The SMILES string of the molecule is CCCCS(=O)(=O)NC1C(N)C2CCOC21. The highest BCUT2D eigenvalue weighted by molar-refractivity contribution is 7.89. The summed E-state index contributed by atoms with van der Waals surface area (Å²) in [5.41, 5.74) is 5.94. The summed E-state index contributed by atoms with van der Waals surface area (Å²) in [6, 6.07) is -0.293. The molecule has 0 aromatic heterocycles. The lowest BCUT2D eigenvalue weighted by atomic mass is 9.73.